The summed E-state index contributed by atoms with van der Waals surface area (Å²) in [5, 5.41) is 28.1. The summed E-state index contributed by atoms with van der Waals surface area (Å²) < 4.78 is 0. The molecule has 18 heavy (non-hydrogen) atoms. The number of aryl methyl sites for hydroxylation is 2. The molecular formula is C11H15N3O4. The van der Waals surface area contributed by atoms with E-state index in [4.69, 9.17) is 5.11 Å². The Bertz CT molecular complexity index is 485. The number of carboxylic acid groups (broad SMARTS) is 1. The van der Waals surface area contributed by atoms with Gasteiger partial charge >= 0.3 is 5.97 Å². The van der Waals surface area contributed by atoms with E-state index < -0.39 is 17.5 Å². The number of aromatic nitrogens is 2. The van der Waals surface area contributed by atoms with Gasteiger partial charge in [-0.15, -0.1) is 0 Å². The van der Waals surface area contributed by atoms with Crippen LogP contribution < -0.4 is 5.32 Å². The number of aliphatic carboxylic acids is 1. The van der Waals surface area contributed by atoms with Crippen LogP contribution in [0.3, 0.4) is 0 Å². The number of rotatable bonds is 4. The van der Waals surface area contributed by atoms with E-state index >= 15 is 0 Å². The summed E-state index contributed by atoms with van der Waals surface area (Å²) in [5.74, 6) is -1.89. The second-order valence-corrected chi connectivity index (χ2v) is 4.25. The Balaban J connectivity index is 2.78. The van der Waals surface area contributed by atoms with E-state index in [2.05, 4.69) is 15.5 Å². The summed E-state index contributed by atoms with van der Waals surface area (Å²) >= 11 is 0. The van der Waals surface area contributed by atoms with Gasteiger partial charge in [0, 0.05) is 0 Å². The van der Waals surface area contributed by atoms with Crippen molar-refractivity contribution in [2.75, 3.05) is 6.54 Å². The number of carboxylic acids is 1. The topological polar surface area (TPSA) is 112 Å². The second-order valence-electron chi connectivity index (χ2n) is 4.25. The Morgan fingerprint density at radius 1 is 1.39 bits per heavy atom. The summed E-state index contributed by atoms with van der Waals surface area (Å²) in [6.07, 6.45) is 0. The molecule has 98 valence electrons. The summed E-state index contributed by atoms with van der Waals surface area (Å²) in [7, 11) is 0. The number of carbonyl (C=O) groups is 2. The van der Waals surface area contributed by atoms with Gasteiger partial charge in [0.25, 0.3) is 5.91 Å². The lowest BCUT2D eigenvalue weighted by Crippen LogP contribution is -2.46. The van der Waals surface area contributed by atoms with E-state index in [9.17, 15) is 14.7 Å². The molecule has 1 aromatic heterocycles. The average Bonchev–Trinajstić information content (AvgIpc) is 2.29. The molecule has 0 saturated heterocycles. The van der Waals surface area contributed by atoms with E-state index in [-0.39, 0.29) is 6.54 Å². The SMILES string of the molecule is Cc1cc(C(=O)NCC(C)(O)C(=O)O)c(C)nn1. The molecule has 1 atom stereocenters. The molecule has 7 heteroatoms. The molecule has 7 nitrogen and oxygen atoms in total. The van der Waals surface area contributed by atoms with Gasteiger partial charge in [-0.25, -0.2) is 4.79 Å². The first-order valence-corrected chi connectivity index (χ1v) is 5.29. The molecule has 1 amide bonds. The lowest BCUT2D eigenvalue weighted by Gasteiger charge is -2.18. The van der Waals surface area contributed by atoms with E-state index in [1.165, 1.54) is 0 Å². The van der Waals surface area contributed by atoms with Crippen LogP contribution in [-0.4, -0.2) is 44.4 Å². The molecule has 0 aliphatic rings. The number of nitrogens with one attached hydrogen (secondary N) is 1. The van der Waals surface area contributed by atoms with Crippen molar-refractivity contribution in [3.63, 3.8) is 0 Å². The molecule has 0 saturated carbocycles. The van der Waals surface area contributed by atoms with Crippen LogP contribution in [0, 0.1) is 13.8 Å². The van der Waals surface area contributed by atoms with E-state index in [0.717, 1.165) is 6.92 Å². The number of nitrogens with zero attached hydrogens (tertiary/aromatic N) is 2. The Hall–Kier alpha value is -2.02. The van der Waals surface area contributed by atoms with Gasteiger partial charge < -0.3 is 15.5 Å². The van der Waals surface area contributed by atoms with Crippen LogP contribution in [0.15, 0.2) is 6.07 Å². The van der Waals surface area contributed by atoms with Gasteiger partial charge in [-0.05, 0) is 26.8 Å². The minimum Gasteiger partial charge on any atom is -0.479 e. The van der Waals surface area contributed by atoms with E-state index in [1.807, 2.05) is 0 Å². The first-order valence-electron chi connectivity index (χ1n) is 5.29. The van der Waals surface area contributed by atoms with Crippen molar-refractivity contribution in [3.05, 3.63) is 23.0 Å². The zero-order chi connectivity index (χ0) is 13.9. The molecule has 1 aromatic rings. The van der Waals surface area contributed by atoms with Crippen molar-refractivity contribution in [1.29, 1.82) is 0 Å². The maximum Gasteiger partial charge on any atom is 0.337 e. The van der Waals surface area contributed by atoms with Gasteiger partial charge in [-0.3, -0.25) is 4.79 Å². The quantitative estimate of drug-likeness (QED) is 0.676. The zero-order valence-electron chi connectivity index (χ0n) is 10.4. The van der Waals surface area contributed by atoms with E-state index in [0.29, 0.717) is 17.0 Å². The fourth-order valence-corrected chi connectivity index (χ4v) is 1.20. The normalized spacial score (nSPS) is 13.8. The zero-order valence-corrected chi connectivity index (χ0v) is 10.4. The van der Waals surface area contributed by atoms with Crippen LogP contribution in [0.5, 0.6) is 0 Å². The number of aliphatic hydroxyl groups is 1. The number of hydrogen-bond donors (Lipinski definition) is 3. The summed E-state index contributed by atoms with van der Waals surface area (Å²) in [4.78, 5) is 22.5. The molecule has 0 bridgehead atoms. The van der Waals surface area contributed by atoms with Crippen molar-refractivity contribution < 1.29 is 19.8 Å². The second kappa shape index (κ2) is 5.09. The van der Waals surface area contributed by atoms with Gasteiger partial charge in [-0.2, -0.15) is 10.2 Å². The van der Waals surface area contributed by atoms with Crippen LogP contribution in [0.1, 0.15) is 28.7 Å². The Labute approximate surface area is 104 Å². The number of amides is 1. The third kappa shape index (κ3) is 3.24. The monoisotopic (exact) mass is 253 g/mol. The maximum atomic E-state index is 11.8. The predicted molar refractivity (Wildman–Crippen MR) is 62.1 cm³/mol. The molecule has 0 radical (unpaired) electrons. The fourth-order valence-electron chi connectivity index (χ4n) is 1.20. The standard InChI is InChI=1S/C11H15N3O4/c1-6-4-8(7(2)14-13-6)9(15)12-5-11(3,18)10(16)17/h4,18H,5H2,1-3H3,(H,12,15)(H,16,17). The minimum atomic E-state index is -2.00. The lowest BCUT2D eigenvalue weighted by atomic mass is 10.1. The Kier molecular flexibility index (Phi) is 3.97. The van der Waals surface area contributed by atoms with Gasteiger partial charge in [0.2, 0.25) is 0 Å². The van der Waals surface area contributed by atoms with Gasteiger partial charge in [0.05, 0.1) is 23.5 Å². The van der Waals surface area contributed by atoms with Crippen molar-refractivity contribution >= 4 is 11.9 Å². The summed E-state index contributed by atoms with van der Waals surface area (Å²) in [6.45, 7) is 4.04. The highest BCUT2D eigenvalue weighted by molar-refractivity contribution is 5.95. The molecule has 1 rings (SSSR count). The molecule has 0 aromatic carbocycles. The highest BCUT2D eigenvalue weighted by atomic mass is 16.4. The predicted octanol–water partition coefficient (Wildman–Crippen LogP) is -0.341. The van der Waals surface area contributed by atoms with Gasteiger partial charge in [0.1, 0.15) is 0 Å². The largest absolute Gasteiger partial charge is 0.479 e. The van der Waals surface area contributed by atoms with Crippen molar-refractivity contribution in [3.8, 4) is 0 Å². The first kappa shape index (κ1) is 14.0. The molecule has 0 fully saturated rings. The highest BCUT2D eigenvalue weighted by Gasteiger charge is 2.30. The Morgan fingerprint density at radius 2 is 2.00 bits per heavy atom. The third-order valence-electron chi connectivity index (χ3n) is 2.40. The average molecular weight is 253 g/mol. The molecule has 0 aliphatic heterocycles. The van der Waals surface area contributed by atoms with E-state index in [1.54, 1.807) is 19.9 Å². The highest BCUT2D eigenvalue weighted by Crippen LogP contribution is 2.06. The molecule has 0 aliphatic carbocycles. The fraction of sp³-hybridized carbons (Fsp3) is 0.455. The van der Waals surface area contributed by atoms with Crippen LogP contribution >= 0.6 is 0 Å². The third-order valence-corrected chi connectivity index (χ3v) is 2.40. The minimum absolute atomic E-state index is 0.309. The summed E-state index contributed by atoms with van der Waals surface area (Å²) in [5.41, 5.74) is -0.675. The molecule has 1 heterocycles. The van der Waals surface area contributed by atoms with Crippen LogP contribution in [0.4, 0.5) is 0 Å². The number of carbonyl (C=O) groups excluding carboxylic acids is 1. The Morgan fingerprint density at radius 3 is 2.56 bits per heavy atom. The lowest BCUT2D eigenvalue weighted by molar-refractivity contribution is -0.155. The molecule has 0 spiro atoms. The summed E-state index contributed by atoms with van der Waals surface area (Å²) in [6, 6.07) is 1.55. The molecular weight excluding hydrogens is 238 g/mol. The smallest absolute Gasteiger partial charge is 0.337 e. The van der Waals surface area contributed by atoms with Crippen molar-refractivity contribution in [2.24, 2.45) is 0 Å². The van der Waals surface area contributed by atoms with Gasteiger partial charge in [0.15, 0.2) is 5.60 Å². The van der Waals surface area contributed by atoms with Crippen LogP contribution in [-0.2, 0) is 4.79 Å². The molecule has 3 N–H and O–H groups in total. The van der Waals surface area contributed by atoms with Crippen LogP contribution in [0.25, 0.3) is 0 Å². The van der Waals surface area contributed by atoms with Crippen molar-refractivity contribution in [2.45, 2.75) is 26.4 Å². The maximum absolute atomic E-state index is 11.8. The van der Waals surface area contributed by atoms with Crippen LogP contribution in [0.2, 0.25) is 0 Å². The van der Waals surface area contributed by atoms with Gasteiger partial charge in [-0.1, -0.05) is 0 Å². The van der Waals surface area contributed by atoms with Crippen molar-refractivity contribution in [1.82, 2.24) is 15.5 Å². The molecule has 1 unspecified atom stereocenters. The first-order chi connectivity index (χ1) is 8.24. The number of hydrogen-bond acceptors (Lipinski definition) is 5.